The van der Waals surface area contributed by atoms with E-state index in [-0.39, 0.29) is 13.4 Å². The Morgan fingerprint density at radius 2 is 1.67 bits per heavy atom. The Bertz CT molecular complexity index is 950. The normalized spacial score (nSPS) is 16.3. The molecule has 4 heteroatoms. The second-order valence-corrected chi connectivity index (χ2v) is 7.66. The van der Waals surface area contributed by atoms with Crippen LogP contribution in [0.15, 0.2) is 84.9 Å². The van der Waals surface area contributed by atoms with E-state index in [1.165, 1.54) is 5.56 Å². The summed E-state index contributed by atoms with van der Waals surface area (Å²) in [6.07, 6.45) is 2.04. The van der Waals surface area contributed by atoms with E-state index in [0.29, 0.717) is 12.8 Å². The average Bonchev–Trinajstić information content (AvgIpc) is 2.80. The van der Waals surface area contributed by atoms with Gasteiger partial charge in [-0.05, 0) is 42.2 Å². The standard InChI is InChI=1S/C26H28N2O2.H2/c29-26(28-18-17-27-20-23(28)19-21-9-3-1-4-10-21)16-15-22-11-7-8-14-25(22)30-24-12-5-2-6-13-24;/h1-14,23,27H,15-20H2;1H/t23-;/m1./s1. The van der Waals surface area contributed by atoms with Gasteiger partial charge in [-0.25, -0.2) is 0 Å². The number of piperazine rings is 1. The fourth-order valence-electron chi connectivity index (χ4n) is 3.97. The van der Waals surface area contributed by atoms with E-state index in [2.05, 4.69) is 34.5 Å². The number of ether oxygens (including phenoxy) is 1. The summed E-state index contributed by atoms with van der Waals surface area (Å²) in [7, 11) is 0. The highest BCUT2D eigenvalue weighted by molar-refractivity contribution is 5.77. The Labute approximate surface area is 180 Å². The third-order valence-corrected chi connectivity index (χ3v) is 5.54. The Balaban J connectivity index is 0.00000272. The predicted octanol–water partition coefficient (Wildman–Crippen LogP) is 4.70. The molecule has 30 heavy (non-hydrogen) atoms. The minimum atomic E-state index is 0. The van der Waals surface area contributed by atoms with Crippen LogP contribution in [0, 0.1) is 0 Å². The molecule has 1 aliphatic rings. The zero-order valence-corrected chi connectivity index (χ0v) is 17.2. The minimum absolute atomic E-state index is 0. The van der Waals surface area contributed by atoms with E-state index in [1.807, 2.05) is 60.7 Å². The molecule has 3 aromatic rings. The molecule has 1 heterocycles. The predicted molar refractivity (Wildman–Crippen MR) is 122 cm³/mol. The van der Waals surface area contributed by atoms with Crippen molar-refractivity contribution in [2.75, 3.05) is 19.6 Å². The number of amides is 1. The molecule has 1 atom stereocenters. The van der Waals surface area contributed by atoms with Crippen LogP contribution in [0.2, 0.25) is 0 Å². The number of para-hydroxylation sites is 2. The Kier molecular flexibility index (Phi) is 6.78. The first-order valence-electron chi connectivity index (χ1n) is 10.6. The van der Waals surface area contributed by atoms with Crippen molar-refractivity contribution in [1.29, 1.82) is 0 Å². The van der Waals surface area contributed by atoms with Crippen molar-refractivity contribution in [2.24, 2.45) is 0 Å². The molecule has 1 saturated heterocycles. The van der Waals surface area contributed by atoms with E-state index in [1.54, 1.807) is 0 Å². The summed E-state index contributed by atoms with van der Waals surface area (Å²) in [4.78, 5) is 15.2. The van der Waals surface area contributed by atoms with Crippen LogP contribution in [-0.4, -0.2) is 36.5 Å². The van der Waals surface area contributed by atoms with Crippen molar-refractivity contribution in [3.05, 3.63) is 96.1 Å². The largest absolute Gasteiger partial charge is 0.457 e. The number of carbonyl (C=O) groups is 1. The maximum absolute atomic E-state index is 13.1. The molecule has 1 N–H and O–H groups in total. The lowest BCUT2D eigenvalue weighted by Gasteiger charge is -2.36. The van der Waals surface area contributed by atoms with Gasteiger partial charge in [0.05, 0.1) is 0 Å². The lowest BCUT2D eigenvalue weighted by molar-refractivity contribution is -0.134. The fraction of sp³-hybridized carbons (Fsp3) is 0.269. The number of carbonyl (C=O) groups excluding carboxylic acids is 1. The summed E-state index contributed by atoms with van der Waals surface area (Å²) >= 11 is 0. The minimum Gasteiger partial charge on any atom is -0.457 e. The van der Waals surface area contributed by atoms with Gasteiger partial charge in [0.25, 0.3) is 0 Å². The van der Waals surface area contributed by atoms with E-state index >= 15 is 0 Å². The quantitative estimate of drug-likeness (QED) is 0.623. The van der Waals surface area contributed by atoms with E-state index in [9.17, 15) is 4.79 Å². The van der Waals surface area contributed by atoms with Crippen molar-refractivity contribution in [1.82, 2.24) is 10.2 Å². The molecule has 1 fully saturated rings. The maximum Gasteiger partial charge on any atom is 0.223 e. The first kappa shape index (κ1) is 20.2. The first-order chi connectivity index (χ1) is 14.8. The molecule has 0 saturated carbocycles. The molecule has 0 aromatic heterocycles. The highest BCUT2D eigenvalue weighted by Crippen LogP contribution is 2.26. The molecule has 156 valence electrons. The highest BCUT2D eigenvalue weighted by Gasteiger charge is 2.26. The number of nitrogens with one attached hydrogen (secondary N) is 1. The van der Waals surface area contributed by atoms with Crippen molar-refractivity contribution in [2.45, 2.75) is 25.3 Å². The number of benzene rings is 3. The van der Waals surface area contributed by atoms with Crippen LogP contribution in [0.3, 0.4) is 0 Å². The number of rotatable bonds is 7. The number of aryl methyl sites for hydroxylation is 1. The molecular formula is C26H30N2O2. The summed E-state index contributed by atoms with van der Waals surface area (Å²) in [5.74, 6) is 1.84. The Morgan fingerprint density at radius 3 is 2.47 bits per heavy atom. The van der Waals surface area contributed by atoms with Gasteiger partial charge in [0, 0.05) is 33.5 Å². The zero-order valence-electron chi connectivity index (χ0n) is 17.2. The van der Waals surface area contributed by atoms with Crippen LogP contribution in [0.1, 0.15) is 19.0 Å². The average molecular weight is 403 g/mol. The van der Waals surface area contributed by atoms with Gasteiger partial charge in [0.2, 0.25) is 5.91 Å². The van der Waals surface area contributed by atoms with Crippen LogP contribution >= 0.6 is 0 Å². The highest BCUT2D eigenvalue weighted by atomic mass is 16.5. The molecule has 0 radical (unpaired) electrons. The summed E-state index contributed by atoms with van der Waals surface area (Å²) < 4.78 is 6.05. The summed E-state index contributed by atoms with van der Waals surface area (Å²) in [6.45, 7) is 2.46. The second kappa shape index (κ2) is 10.1. The van der Waals surface area contributed by atoms with Gasteiger partial charge in [-0.15, -0.1) is 0 Å². The maximum atomic E-state index is 13.1. The van der Waals surface area contributed by atoms with Gasteiger partial charge >= 0.3 is 0 Å². The lowest BCUT2D eigenvalue weighted by atomic mass is 10.0. The van der Waals surface area contributed by atoms with Crippen molar-refractivity contribution >= 4 is 5.91 Å². The SMILES string of the molecule is O=C(CCc1ccccc1Oc1ccccc1)N1CCNC[C@H]1Cc1ccccc1.[HH]. The topological polar surface area (TPSA) is 41.6 Å². The zero-order chi connectivity index (χ0) is 20.6. The van der Waals surface area contributed by atoms with Crippen LogP contribution in [0.5, 0.6) is 11.5 Å². The molecule has 0 spiro atoms. The van der Waals surface area contributed by atoms with Gasteiger partial charge < -0.3 is 15.0 Å². The summed E-state index contributed by atoms with van der Waals surface area (Å²) in [5, 5.41) is 3.44. The van der Waals surface area contributed by atoms with Crippen LogP contribution < -0.4 is 10.1 Å². The molecule has 4 nitrogen and oxygen atoms in total. The smallest absolute Gasteiger partial charge is 0.223 e. The van der Waals surface area contributed by atoms with Crippen LogP contribution in [0.25, 0.3) is 0 Å². The summed E-state index contributed by atoms with van der Waals surface area (Å²) in [6, 6.07) is 28.4. The van der Waals surface area contributed by atoms with Crippen molar-refractivity contribution in [3.8, 4) is 11.5 Å². The molecule has 0 bridgehead atoms. The number of nitrogens with zero attached hydrogens (tertiary/aromatic N) is 1. The van der Waals surface area contributed by atoms with Crippen molar-refractivity contribution in [3.63, 3.8) is 0 Å². The van der Waals surface area contributed by atoms with Gasteiger partial charge in [-0.2, -0.15) is 0 Å². The molecule has 3 aromatic carbocycles. The first-order valence-corrected chi connectivity index (χ1v) is 10.6. The van der Waals surface area contributed by atoms with E-state index < -0.39 is 0 Å². The summed E-state index contributed by atoms with van der Waals surface area (Å²) in [5.41, 5.74) is 2.33. The van der Waals surface area contributed by atoms with Crippen LogP contribution in [0.4, 0.5) is 0 Å². The number of hydrogen-bond donors (Lipinski definition) is 1. The molecule has 4 rings (SSSR count). The second-order valence-electron chi connectivity index (χ2n) is 7.66. The van der Waals surface area contributed by atoms with Crippen LogP contribution in [-0.2, 0) is 17.6 Å². The lowest BCUT2D eigenvalue weighted by Crippen LogP contribution is -2.54. The third-order valence-electron chi connectivity index (χ3n) is 5.54. The van der Waals surface area contributed by atoms with Gasteiger partial charge in [-0.1, -0.05) is 66.7 Å². The Morgan fingerprint density at radius 1 is 0.967 bits per heavy atom. The molecular weight excluding hydrogens is 372 g/mol. The van der Waals surface area contributed by atoms with Gasteiger partial charge in [-0.3, -0.25) is 4.79 Å². The number of hydrogen-bond acceptors (Lipinski definition) is 3. The monoisotopic (exact) mass is 402 g/mol. The molecule has 1 amide bonds. The molecule has 0 unspecified atom stereocenters. The van der Waals surface area contributed by atoms with Gasteiger partial charge in [0.1, 0.15) is 11.5 Å². The van der Waals surface area contributed by atoms with E-state index in [4.69, 9.17) is 4.74 Å². The Hall–Kier alpha value is -3.11. The molecule has 0 aliphatic carbocycles. The molecule has 1 aliphatic heterocycles. The van der Waals surface area contributed by atoms with E-state index in [0.717, 1.165) is 43.1 Å². The fourth-order valence-corrected chi connectivity index (χ4v) is 3.97. The van der Waals surface area contributed by atoms with Crippen molar-refractivity contribution < 1.29 is 11.0 Å². The third kappa shape index (κ3) is 5.28. The van der Waals surface area contributed by atoms with Gasteiger partial charge in [0.15, 0.2) is 0 Å².